The van der Waals surface area contributed by atoms with Crippen molar-refractivity contribution in [2.24, 2.45) is 0 Å². The van der Waals surface area contributed by atoms with Gasteiger partial charge in [0.05, 0.1) is 14.2 Å². The van der Waals surface area contributed by atoms with E-state index < -0.39 is 11.9 Å². The lowest BCUT2D eigenvalue weighted by Crippen LogP contribution is -2.17. The van der Waals surface area contributed by atoms with E-state index in [4.69, 9.17) is 0 Å². The van der Waals surface area contributed by atoms with Gasteiger partial charge in [0, 0.05) is 11.8 Å². The molecule has 1 rings (SSSR count). The van der Waals surface area contributed by atoms with Crippen LogP contribution in [0.2, 0.25) is 0 Å². The third-order valence-corrected chi connectivity index (χ3v) is 1.86. The maximum atomic E-state index is 11.2. The summed E-state index contributed by atoms with van der Waals surface area (Å²) in [6.07, 6.45) is 0. The van der Waals surface area contributed by atoms with E-state index in [1.165, 1.54) is 14.2 Å². The molecule has 1 aromatic rings. The van der Waals surface area contributed by atoms with E-state index in [1.54, 1.807) is 13.0 Å². The van der Waals surface area contributed by atoms with Crippen LogP contribution in [0.25, 0.3) is 0 Å². The molecule has 0 saturated carbocycles. The molecule has 0 aliphatic rings. The zero-order valence-corrected chi connectivity index (χ0v) is 9.81. The molecule has 92 valence electrons. The average Bonchev–Trinajstić information content (AvgIpc) is 2.34. The molecule has 1 aromatic heterocycles. The highest BCUT2D eigenvalue weighted by atomic mass is 16.5. The van der Waals surface area contributed by atoms with Crippen molar-refractivity contribution in [1.29, 1.82) is 0 Å². The number of aromatic nitrogens is 2. The van der Waals surface area contributed by atoms with Crippen molar-refractivity contribution < 1.29 is 19.1 Å². The van der Waals surface area contributed by atoms with E-state index in [0.29, 0.717) is 11.5 Å². The number of hydrogen-bond acceptors (Lipinski definition) is 7. The van der Waals surface area contributed by atoms with Crippen molar-refractivity contribution in [2.75, 3.05) is 26.1 Å². The summed E-state index contributed by atoms with van der Waals surface area (Å²) in [6, 6.07) is 1.61. The van der Waals surface area contributed by atoms with E-state index in [1.807, 2.05) is 0 Å². The largest absolute Gasteiger partial charge is 0.468 e. The first-order valence-corrected chi connectivity index (χ1v) is 4.81. The molecule has 0 spiro atoms. The van der Waals surface area contributed by atoms with E-state index in [0.717, 1.165) is 0 Å². The lowest BCUT2D eigenvalue weighted by Gasteiger charge is -2.06. The number of carbonyl (C=O) groups excluding carboxylic acids is 2. The van der Waals surface area contributed by atoms with Crippen LogP contribution < -0.4 is 5.32 Å². The zero-order valence-electron chi connectivity index (χ0n) is 9.81. The SMILES string of the molecule is COC(=O)CNc1cc(C)nc(C(=O)OC)n1. The van der Waals surface area contributed by atoms with Crippen LogP contribution in [0, 0.1) is 6.92 Å². The number of aryl methyl sites for hydroxylation is 1. The van der Waals surface area contributed by atoms with Gasteiger partial charge >= 0.3 is 11.9 Å². The minimum Gasteiger partial charge on any atom is -0.468 e. The monoisotopic (exact) mass is 239 g/mol. The fourth-order valence-corrected chi connectivity index (χ4v) is 1.08. The van der Waals surface area contributed by atoms with Crippen LogP contribution in [0.5, 0.6) is 0 Å². The number of nitrogens with one attached hydrogen (secondary N) is 1. The summed E-state index contributed by atoms with van der Waals surface area (Å²) >= 11 is 0. The molecule has 0 aliphatic carbocycles. The third-order valence-electron chi connectivity index (χ3n) is 1.86. The standard InChI is InChI=1S/C10H13N3O4/c1-6-4-7(11-5-8(14)16-2)13-9(12-6)10(15)17-3/h4H,5H2,1-3H3,(H,11,12,13). The van der Waals surface area contributed by atoms with Crippen molar-refractivity contribution in [2.45, 2.75) is 6.92 Å². The number of rotatable bonds is 4. The van der Waals surface area contributed by atoms with Gasteiger partial charge in [0.2, 0.25) is 5.82 Å². The summed E-state index contributed by atoms with van der Waals surface area (Å²) < 4.78 is 8.97. The van der Waals surface area contributed by atoms with Crippen LogP contribution in [0.3, 0.4) is 0 Å². The highest BCUT2D eigenvalue weighted by Gasteiger charge is 2.11. The summed E-state index contributed by atoms with van der Waals surface area (Å²) in [7, 11) is 2.53. The number of hydrogen-bond donors (Lipinski definition) is 1. The number of esters is 2. The third kappa shape index (κ3) is 3.71. The second-order valence-corrected chi connectivity index (χ2v) is 3.14. The lowest BCUT2D eigenvalue weighted by atomic mass is 10.4. The molecule has 1 heterocycles. The van der Waals surface area contributed by atoms with Crippen molar-refractivity contribution in [1.82, 2.24) is 9.97 Å². The highest BCUT2D eigenvalue weighted by Crippen LogP contribution is 2.06. The molecule has 0 bridgehead atoms. The average molecular weight is 239 g/mol. The van der Waals surface area contributed by atoms with Gasteiger partial charge in [0.15, 0.2) is 0 Å². The Balaban J connectivity index is 2.82. The molecule has 0 aliphatic heterocycles. The van der Waals surface area contributed by atoms with Gasteiger partial charge in [0.25, 0.3) is 0 Å². The Morgan fingerprint density at radius 1 is 1.29 bits per heavy atom. The van der Waals surface area contributed by atoms with Gasteiger partial charge in [0.1, 0.15) is 12.4 Å². The van der Waals surface area contributed by atoms with E-state index in [2.05, 4.69) is 24.8 Å². The first-order chi connectivity index (χ1) is 8.06. The van der Waals surface area contributed by atoms with Gasteiger partial charge in [-0.3, -0.25) is 4.79 Å². The van der Waals surface area contributed by atoms with Crippen LogP contribution >= 0.6 is 0 Å². The maximum absolute atomic E-state index is 11.2. The number of nitrogens with zero attached hydrogens (tertiary/aromatic N) is 2. The molecule has 0 saturated heterocycles. The van der Waals surface area contributed by atoms with E-state index in [9.17, 15) is 9.59 Å². The summed E-state index contributed by atoms with van der Waals surface area (Å²) in [5.74, 6) is -0.751. The molecule has 0 fully saturated rings. The smallest absolute Gasteiger partial charge is 0.376 e. The Morgan fingerprint density at radius 3 is 2.59 bits per heavy atom. The van der Waals surface area contributed by atoms with Crippen LogP contribution in [0.15, 0.2) is 6.07 Å². The summed E-state index contributed by atoms with van der Waals surface area (Å²) in [5, 5.41) is 2.72. The van der Waals surface area contributed by atoms with Crippen molar-refractivity contribution in [3.63, 3.8) is 0 Å². The number of anilines is 1. The normalized spacial score (nSPS) is 9.59. The van der Waals surface area contributed by atoms with Gasteiger partial charge in [-0.1, -0.05) is 0 Å². The Morgan fingerprint density at radius 2 is 2.00 bits per heavy atom. The lowest BCUT2D eigenvalue weighted by molar-refractivity contribution is -0.138. The van der Waals surface area contributed by atoms with E-state index in [-0.39, 0.29) is 12.4 Å². The van der Waals surface area contributed by atoms with Crippen molar-refractivity contribution in [3.05, 3.63) is 17.6 Å². The zero-order chi connectivity index (χ0) is 12.8. The molecule has 0 atom stereocenters. The van der Waals surface area contributed by atoms with Gasteiger partial charge in [-0.05, 0) is 6.92 Å². The fraction of sp³-hybridized carbons (Fsp3) is 0.400. The first kappa shape index (κ1) is 12.9. The predicted octanol–water partition coefficient (Wildman–Crippen LogP) is 0.157. The maximum Gasteiger partial charge on any atom is 0.376 e. The van der Waals surface area contributed by atoms with Crippen LogP contribution in [0.1, 0.15) is 16.3 Å². The van der Waals surface area contributed by atoms with Crippen molar-refractivity contribution in [3.8, 4) is 0 Å². The number of carbonyl (C=O) groups is 2. The second-order valence-electron chi connectivity index (χ2n) is 3.14. The fourth-order valence-electron chi connectivity index (χ4n) is 1.08. The molecule has 0 unspecified atom stereocenters. The molecule has 0 aromatic carbocycles. The number of ether oxygens (including phenoxy) is 2. The highest BCUT2D eigenvalue weighted by molar-refractivity contribution is 5.85. The topological polar surface area (TPSA) is 90.4 Å². The minimum atomic E-state index is -0.630. The minimum absolute atomic E-state index is 0.0342. The Kier molecular flexibility index (Phi) is 4.38. The Labute approximate surface area is 98.2 Å². The molecular formula is C10H13N3O4. The second kappa shape index (κ2) is 5.78. The molecule has 7 heteroatoms. The van der Waals surface area contributed by atoms with Gasteiger partial charge in [-0.15, -0.1) is 0 Å². The van der Waals surface area contributed by atoms with Gasteiger partial charge in [-0.2, -0.15) is 0 Å². The van der Waals surface area contributed by atoms with Crippen LogP contribution in [0.4, 0.5) is 5.82 Å². The molecule has 1 N–H and O–H groups in total. The van der Waals surface area contributed by atoms with Gasteiger partial charge < -0.3 is 14.8 Å². The van der Waals surface area contributed by atoms with E-state index >= 15 is 0 Å². The molecule has 17 heavy (non-hydrogen) atoms. The molecule has 7 nitrogen and oxygen atoms in total. The number of methoxy groups -OCH3 is 2. The molecule has 0 amide bonds. The molecule has 0 radical (unpaired) electrons. The van der Waals surface area contributed by atoms with Crippen LogP contribution in [-0.4, -0.2) is 42.7 Å². The quantitative estimate of drug-likeness (QED) is 0.748. The van der Waals surface area contributed by atoms with Crippen molar-refractivity contribution >= 4 is 17.8 Å². The predicted molar refractivity (Wildman–Crippen MR) is 58.6 cm³/mol. The first-order valence-electron chi connectivity index (χ1n) is 4.81. The summed E-state index contributed by atoms with van der Waals surface area (Å²) in [6.45, 7) is 1.67. The summed E-state index contributed by atoms with van der Waals surface area (Å²) in [4.78, 5) is 30.0. The Bertz CT molecular complexity index is 434. The molecular weight excluding hydrogens is 226 g/mol. The van der Waals surface area contributed by atoms with Gasteiger partial charge in [-0.25, -0.2) is 14.8 Å². The summed E-state index contributed by atoms with van der Waals surface area (Å²) in [5.41, 5.74) is 0.591. The van der Waals surface area contributed by atoms with Crippen LogP contribution in [-0.2, 0) is 14.3 Å². The Hall–Kier alpha value is -2.18.